The van der Waals surface area contributed by atoms with Gasteiger partial charge in [-0.15, -0.1) is 0 Å². The van der Waals surface area contributed by atoms with Crippen molar-refractivity contribution in [1.82, 2.24) is 14.9 Å². The van der Waals surface area contributed by atoms with E-state index < -0.39 is 0 Å². The summed E-state index contributed by atoms with van der Waals surface area (Å²) in [6.45, 7) is 1.02. The molecule has 0 aromatic carbocycles. The highest BCUT2D eigenvalue weighted by Crippen LogP contribution is 1.92. The van der Waals surface area contributed by atoms with Crippen molar-refractivity contribution >= 4 is 0 Å². The van der Waals surface area contributed by atoms with Crippen LogP contribution in [0, 0.1) is 11.3 Å². The molecule has 1 rings (SSSR count). The van der Waals surface area contributed by atoms with Gasteiger partial charge in [-0.25, -0.2) is 9.97 Å². The lowest BCUT2D eigenvalue weighted by Gasteiger charge is -2.09. The molecule has 62 valence electrons. The smallest absolute Gasteiger partial charge is 0.142 e. The molecule has 0 aliphatic heterocycles. The summed E-state index contributed by atoms with van der Waals surface area (Å²) in [7, 11) is 1.86. The molecule has 4 nitrogen and oxygen atoms in total. The summed E-state index contributed by atoms with van der Waals surface area (Å²) < 4.78 is 0. The highest BCUT2D eigenvalue weighted by molar-refractivity contribution is 4.89. The SMILES string of the molecule is CN(CC#N)Cc1ncccn1. The van der Waals surface area contributed by atoms with Crippen LogP contribution < -0.4 is 0 Å². The molecule has 0 amide bonds. The zero-order chi connectivity index (χ0) is 8.81. The predicted molar refractivity (Wildman–Crippen MR) is 44.0 cm³/mol. The summed E-state index contributed by atoms with van der Waals surface area (Å²) in [6.07, 6.45) is 3.39. The van der Waals surface area contributed by atoms with Crippen LogP contribution in [0.3, 0.4) is 0 Å². The van der Waals surface area contributed by atoms with E-state index in [1.165, 1.54) is 0 Å². The van der Waals surface area contributed by atoms with Crippen LogP contribution >= 0.6 is 0 Å². The second-order valence-electron chi connectivity index (χ2n) is 2.50. The van der Waals surface area contributed by atoms with Crippen LogP contribution in [0.5, 0.6) is 0 Å². The fourth-order valence-electron chi connectivity index (χ4n) is 0.830. The van der Waals surface area contributed by atoms with Crippen LogP contribution in [-0.2, 0) is 6.54 Å². The lowest BCUT2D eigenvalue weighted by atomic mass is 10.5. The minimum atomic E-state index is 0.401. The minimum Gasteiger partial charge on any atom is -0.286 e. The number of aromatic nitrogens is 2. The molecule has 0 aliphatic carbocycles. The largest absolute Gasteiger partial charge is 0.286 e. The Balaban J connectivity index is 2.48. The van der Waals surface area contributed by atoms with Gasteiger partial charge in [-0.2, -0.15) is 5.26 Å². The number of nitrogens with zero attached hydrogens (tertiary/aromatic N) is 4. The summed E-state index contributed by atoms with van der Waals surface area (Å²) in [4.78, 5) is 9.93. The number of nitriles is 1. The van der Waals surface area contributed by atoms with Gasteiger partial charge in [0, 0.05) is 12.4 Å². The molecule has 0 saturated carbocycles. The Morgan fingerprint density at radius 2 is 2.17 bits per heavy atom. The van der Waals surface area contributed by atoms with Crippen LogP contribution in [0.1, 0.15) is 5.82 Å². The van der Waals surface area contributed by atoms with Crippen molar-refractivity contribution in [2.45, 2.75) is 6.54 Å². The van der Waals surface area contributed by atoms with Crippen LogP contribution in [-0.4, -0.2) is 28.5 Å². The molecule has 12 heavy (non-hydrogen) atoms. The van der Waals surface area contributed by atoms with E-state index in [-0.39, 0.29) is 0 Å². The maximum absolute atomic E-state index is 8.38. The summed E-state index contributed by atoms with van der Waals surface area (Å²) in [5, 5.41) is 8.38. The molecule has 0 spiro atoms. The average molecular weight is 162 g/mol. The molecule has 1 aromatic rings. The Labute approximate surface area is 71.5 Å². The van der Waals surface area contributed by atoms with Gasteiger partial charge in [-0.1, -0.05) is 0 Å². The van der Waals surface area contributed by atoms with Crippen molar-refractivity contribution in [2.75, 3.05) is 13.6 Å². The standard InChI is InChI=1S/C8H10N4/c1-12(6-3-9)7-8-10-4-2-5-11-8/h2,4-5H,6-7H2,1H3. The summed E-state index contributed by atoms with van der Waals surface area (Å²) >= 11 is 0. The molecule has 0 unspecified atom stereocenters. The van der Waals surface area contributed by atoms with Gasteiger partial charge < -0.3 is 0 Å². The van der Waals surface area contributed by atoms with E-state index in [0.29, 0.717) is 13.1 Å². The normalized spacial score (nSPS) is 9.75. The zero-order valence-electron chi connectivity index (χ0n) is 6.94. The van der Waals surface area contributed by atoms with Crippen molar-refractivity contribution in [3.05, 3.63) is 24.3 Å². The maximum Gasteiger partial charge on any atom is 0.142 e. The molecule has 0 bridgehead atoms. The van der Waals surface area contributed by atoms with Crippen molar-refractivity contribution in [3.8, 4) is 6.07 Å². The highest BCUT2D eigenvalue weighted by Gasteiger charge is 1.99. The van der Waals surface area contributed by atoms with Crippen LogP contribution in [0.25, 0.3) is 0 Å². The lowest BCUT2D eigenvalue weighted by molar-refractivity contribution is 0.357. The van der Waals surface area contributed by atoms with Gasteiger partial charge in [-0.3, -0.25) is 4.90 Å². The van der Waals surface area contributed by atoms with Gasteiger partial charge in [-0.05, 0) is 13.1 Å². The van der Waals surface area contributed by atoms with Gasteiger partial charge >= 0.3 is 0 Å². The zero-order valence-corrected chi connectivity index (χ0v) is 6.94. The van der Waals surface area contributed by atoms with Crippen LogP contribution in [0.2, 0.25) is 0 Å². The third-order valence-corrected chi connectivity index (χ3v) is 1.37. The van der Waals surface area contributed by atoms with Crippen molar-refractivity contribution < 1.29 is 0 Å². The Morgan fingerprint density at radius 1 is 1.50 bits per heavy atom. The van der Waals surface area contributed by atoms with Crippen LogP contribution in [0.15, 0.2) is 18.5 Å². The van der Waals surface area contributed by atoms with E-state index in [1.807, 2.05) is 11.9 Å². The molecule has 0 atom stereocenters. The van der Waals surface area contributed by atoms with E-state index in [1.54, 1.807) is 18.5 Å². The Bertz CT molecular complexity index is 264. The fraction of sp³-hybridized carbons (Fsp3) is 0.375. The Hall–Kier alpha value is -1.47. The monoisotopic (exact) mass is 162 g/mol. The van der Waals surface area contributed by atoms with Gasteiger partial charge in [0.2, 0.25) is 0 Å². The van der Waals surface area contributed by atoms with E-state index in [0.717, 1.165) is 5.82 Å². The second-order valence-corrected chi connectivity index (χ2v) is 2.50. The quantitative estimate of drug-likeness (QED) is 0.605. The summed E-state index contributed by atoms with van der Waals surface area (Å²) in [5.41, 5.74) is 0. The average Bonchev–Trinajstić information content (AvgIpc) is 2.06. The molecule has 4 heteroatoms. The molecule has 1 heterocycles. The maximum atomic E-state index is 8.38. The van der Waals surface area contributed by atoms with E-state index >= 15 is 0 Å². The van der Waals surface area contributed by atoms with E-state index in [9.17, 15) is 0 Å². The Kier molecular flexibility index (Phi) is 3.17. The predicted octanol–water partition coefficient (Wildman–Crippen LogP) is 0.432. The van der Waals surface area contributed by atoms with Crippen molar-refractivity contribution in [2.24, 2.45) is 0 Å². The molecular formula is C8H10N4. The van der Waals surface area contributed by atoms with E-state index in [2.05, 4.69) is 16.0 Å². The first kappa shape index (κ1) is 8.62. The second kappa shape index (κ2) is 4.42. The molecule has 1 aromatic heterocycles. The van der Waals surface area contributed by atoms with Gasteiger partial charge in [0.05, 0.1) is 19.2 Å². The first-order chi connectivity index (χ1) is 5.83. The van der Waals surface area contributed by atoms with Gasteiger partial charge in [0.1, 0.15) is 5.82 Å². The van der Waals surface area contributed by atoms with Gasteiger partial charge in [0.15, 0.2) is 0 Å². The fourth-order valence-corrected chi connectivity index (χ4v) is 0.830. The third kappa shape index (κ3) is 2.64. The van der Waals surface area contributed by atoms with Gasteiger partial charge in [0.25, 0.3) is 0 Å². The number of hydrogen-bond donors (Lipinski definition) is 0. The number of rotatable bonds is 3. The number of hydrogen-bond acceptors (Lipinski definition) is 4. The van der Waals surface area contributed by atoms with Crippen LogP contribution in [0.4, 0.5) is 0 Å². The molecular weight excluding hydrogens is 152 g/mol. The van der Waals surface area contributed by atoms with E-state index in [4.69, 9.17) is 5.26 Å². The van der Waals surface area contributed by atoms with Crippen molar-refractivity contribution in [1.29, 1.82) is 5.26 Å². The lowest BCUT2D eigenvalue weighted by Crippen LogP contribution is -2.19. The summed E-state index contributed by atoms with van der Waals surface area (Å²) in [5.74, 6) is 0.746. The molecule has 0 aliphatic rings. The minimum absolute atomic E-state index is 0.401. The Morgan fingerprint density at radius 3 is 2.75 bits per heavy atom. The topological polar surface area (TPSA) is 52.8 Å². The third-order valence-electron chi connectivity index (χ3n) is 1.37. The molecule has 0 N–H and O–H groups in total. The summed E-state index contributed by atoms with van der Waals surface area (Å²) in [6, 6.07) is 3.83. The highest BCUT2D eigenvalue weighted by atomic mass is 15.1. The molecule has 0 radical (unpaired) electrons. The first-order valence-corrected chi connectivity index (χ1v) is 3.64. The molecule has 0 fully saturated rings. The molecule has 0 saturated heterocycles. The van der Waals surface area contributed by atoms with Crippen molar-refractivity contribution in [3.63, 3.8) is 0 Å². The first-order valence-electron chi connectivity index (χ1n) is 3.64.